The molecule has 2 rings (SSSR count). The molecule has 2 aromatic rings. The second-order valence-electron chi connectivity index (χ2n) is 4.61. The van der Waals surface area contributed by atoms with Crippen LogP contribution in [0.15, 0.2) is 24.3 Å². The van der Waals surface area contributed by atoms with Crippen LogP contribution in [-0.4, -0.2) is 16.5 Å². The molecule has 0 atom stereocenters. The highest BCUT2D eigenvalue weighted by atomic mass is 35.5. The van der Waals surface area contributed by atoms with E-state index in [-0.39, 0.29) is 0 Å². The third kappa shape index (κ3) is 3.84. The molecule has 1 heterocycles. The molecule has 0 fully saturated rings. The summed E-state index contributed by atoms with van der Waals surface area (Å²) in [5, 5.41) is 3.86. The van der Waals surface area contributed by atoms with Crippen molar-refractivity contribution in [2.45, 2.75) is 27.2 Å². The summed E-state index contributed by atoms with van der Waals surface area (Å²) in [6, 6.07) is 7.31. The van der Waals surface area contributed by atoms with E-state index in [0.717, 1.165) is 30.0 Å². The van der Waals surface area contributed by atoms with Crippen molar-refractivity contribution in [3.8, 4) is 11.6 Å². The number of nitrogens with one attached hydrogen (secondary N) is 1. The molecule has 20 heavy (non-hydrogen) atoms. The Balaban J connectivity index is 2.21. The molecule has 0 bridgehead atoms. The van der Waals surface area contributed by atoms with Gasteiger partial charge in [0.2, 0.25) is 11.8 Å². The van der Waals surface area contributed by atoms with Crippen LogP contribution in [-0.2, 0) is 0 Å². The Morgan fingerprint density at radius 1 is 1.20 bits per heavy atom. The van der Waals surface area contributed by atoms with Crippen LogP contribution in [0.3, 0.4) is 0 Å². The van der Waals surface area contributed by atoms with Crippen LogP contribution in [0, 0.1) is 13.8 Å². The van der Waals surface area contributed by atoms with E-state index in [1.807, 2.05) is 32.0 Å². The molecule has 0 spiro atoms. The number of benzene rings is 1. The fourth-order valence-corrected chi connectivity index (χ4v) is 1.97. The van der Waals surface area contributed by atoms with Crippen LogP contribution in [0.25, 0.3) is 0 Å². The number of rotatable bonds is 5. The minimum Gasteiger partial charge on any atom is -0.439 e. The molecule has 0 saturated heterocycles. The molecular formula is C15H18ClN3O. The molecule has 0 radical (unpaired) electrons. The average Bonchev–Trinajstić information content (AvgIpc) is 2.39. The summed E-state index contributed by atoms with van der Waals surface area (Å²) in [7, 11) is 0. The Morgan fingerprint density at radius 2 is 2.00 bits per heavy atom. The molecule has 5 heteroatoms. The molecule has 0 amide bonds. The number of anilines is 1. The molecule has 1 N–H and O–H groups in total. The molecule has 0 unspecified atom stereocenters. The summed E-state index contributed by atoms with van der Waals surface area (Å²) in [5.74, 6) is 1.86. The molecule has 106 valence electrons. The fraction of sp³-hybridized carbons (Fsp3) is 0.333. The van der Waals surface area contributed by atoms with Crippen molar-refractivity contribution in [1.82, 2.24) is 9.97 Å². The molecule has 1 aromatic heterocycles. The van der Waals surface area contributed by atoms with Crippen molar-refractivity contribution in [2.75, 3.05) is 11.9 Å². The van der Waals surface area contributed by atoms with E-state index >= 15 is 0 Å². The topological polar surface area (TPSA) is 47.0 Å². The van der Waals surface area contributed by atoms with Crippen molar-refractivity contribution < 1.29 is 4.74 Å². The second-order valence-corrected chi connectivity index (χ2v) is 5.05. The normalized spacial score (nSPS) is 10.4. The molecule has 0 aliphatic rings. The Kier molecular flexibility index (Phi) is 4.79. The van der Waals surface area contributed by atoms with Gasteiger partial charge in [-0.25, -0.2) is 4.98 Å². The number of halogens is 1. The largest absolute Gasteiger partial charge is 0.439 e. The van der Waals surface area contributed by atoms with Crippen molar-refractivity contribution >= 4 is 17.5 Å². The highest BCUT2D eigenvalue weighted by molar-refractivity contribution is 6.30. The second kappa shape index (κ2) is 6.57. The summed E-state index contributed by atoms with van der Waals surface area (Å²) in [4.78, 5) is 8.68. The van der Waals surface area contributed by atoms with Crippen LogP contribution in [0.1, 0.15) is 24.6 Å². The first-order chi connectivity index (χ1) is 9.58. The van der Waals surface area contributed by atoms with Gasteiger partial charge in [-0.1, -0.05) is 18.5 Å². The molecule has 1 aromatic carbocycles. The van der Waals surface area contributed by atoms with Gasteiger partial charge in [-0.3, -0.25) is 0 Å². The minimum absolute atomic E-state index is 0.529. The zero-order chi connectivity index (χ0) is 14.5. The molecule has 0 aliphatic heterocycles. The maximum absolute atomic E-state index is 5.94. The van der Waals surface area contributed by atoms with Gasteiger partial charge in [0.25, 0.3) is 0 Å². The quantitative estimate of drug-likeness (QED) is 0.889. The van der Waals surface area contributed by atoms with E-state index in [4.69, 9.17) is 16.3 Å². The van der Waals surface area contributed by atoms with E-state index < -0.39 is 0 Å². The number of hydrogen-bond acceptors (Lipinski definition) is 4. The van der Waals surface area contributed by atoms with Gasteiger partial charge >= 0.3 is 0 Å². The number of aromatic nitrogens is 2. The maximum atomic E-state index is 5.94. The SMILES string of the molecule is CCCNc1nc(C)cc(Oc2ccc(Cl)cc2C)n1. The smallest absolute Gasteiger partial charge is 0.226 e. The average molecular weight is 292 g/mol. The Bertz CT molecular complexity index is 602. The number of hydrogen-bond donors (Lipinski definition) is 1. The van der Waals surface area contributed by atoms with Crippen LogP contribution in [0.2, 0.25) is 5.02 Å². The predicted octanol–water partition coefficient (Wildman–Crippen LogP) is 4.36. The summed E-state index contributed by atoms with van der Waals surface area (Å²) < 4.78 is 5.82. The fourth-order valence-electron chi connectivity index (χ4n) is 1.75. The lowest BCUT2D eigenvalue weighted by molar-refractivity contribution is 0.458. The first-order valence-electron chi connectivity index (χ1n) is 6.62. The first kappa shape index (κ1) is 14.6. The number of ether oxygens (including phenoxy) is 1. The first-order valence-corrected chi connectivity index (χ1v) is 7.00. The lowest BCUT2D eigenvalue weighted by Gasteiger charge is -2.10. The predicted molar refractivity (Wildman–Crippen MR) is 81.8 cm³/mol. The van der Waals surface area contributed by atoms with Crippen LogP contribution < -0.4 is 10.1 Å². The third-order valence-corrected chi connectivity index (χ3v) is 2.95. The van der Waals surface area contributed by atoms with E-state index in [1.54, 1.807) is 6.07 Å². The van der Waals surface area contributed by atoms with Crippen molar-refractivity contribution in [3.63, 3.8) is 0 Å². The van der Waals surface area contributed by atoms with Gasteiger partial charge in [0.1, 0.15) is 5.75 Å². The molecule has 0 aliphatic carbocycles. The zero-order valence-electron chi connectivity index (χ0n) is 11.9. The van der Waals surface area contributed by atoms with Gasteiger partial charge in [0, 0.05) is 23.3 Å². The van der Waals surface area contributed by atoms with Crippen molar-refractivity contribution in [1.29, 1.82) is 0 Å². The van der Waals surface area contributed by atoms with E-state index in [0.29, 0.717) is 16.9 Å². The number of aryl methyl sites for hydroxylation is 2. The van der Waals surface area contributed by atoms with E-state index in [9.17, 15) is 0 Å². The standard InChI is InChI=1S/C15H18ClN3O/c1-4-7-17-15-18-11(3)9-14(19-15)20-13-6-5-12(16)8-10(13)2/h5-6,8-9H,4,7H2,1-3H3,(H,17,18,19). The van der Waals surface area contributed by atoms with E-state index in [1.165, 1.54) is 0 Å². The Hall–Kier alpha value is -1.81. The molecular weight excluding hydrogens is 274 g/mol. The Morgan fingerprint density at radius 3 is 2.70 bits per heavy atom. The van der Waals surface area contributed by atoms with Gasteiger partial charge in [-0.15, -0.1) is 0 Å². The summed E-state index contributed by atoms with van der Waals surface area (Å²) in [6.45, 7) is 6.80. The van der Waals surface area contributed by atoms with Crippen LogP contribution >= 0.6 is 11.6 Å². The highest BCUT2D eigenvalue weighted by Crippen LogP contribution is 2.26. The summed E-state index contributed by atoms with van der Waals surface area (Å²) in [5.41, 5.74) is 1.83. The minimum atomic E-state index is 0.529. The van der Waals surface area contributed by atoms with Crippen molar-refractivity contribution in [2.24, 2.45) is 0 Å². The van der Waals surface area contributed by atoms with Gasteiger partial charge in [0.15, 0.2) is 0 Å². The lowest BCUT2D eigenvalue weighted by Crippen LogP contribution is -2.05. The molecule has 0 saturated carbocycles. The maximum Gasteiger partial charge on any atom is 0.226 e. The lowest BCUT2D eigenvalue weighted by atomic mass is 10.2. The van der Waals surface area contributed by atoms with Gasteiger partial charge in [-0.05, 0) is 44.0 Å². The van der Waals surface area contributed by atoms with Crippen LogP contribution in [0.4, 0.5) is 5.95 Å². The monoisotopic (exact) mass is 291 g/mol. The molecule has 4 nitrogen and oxygen atoms in total. The zero-order valence-corrected chi connectivity index (χ0v) is 12.7. The number of nitrogens with zero attached hydrogens (tertiary/aromatic N) is 2. The summed E-state index contributed by atoms with van der Waals surface area (Å²) in [6.07, 6.45) is 1.02. The highest BCUT2D eigenvalue weighted by Gasteiger charge is 2.06. The third-order valence-electron chi connectivity index (χ3n) is 2.72. The van der Waals surface area contributed by atoms with Crippen molar-refractivity contribution in [3.05, 3.63) is 40.5 Å². The van der Waals surface area contributed by atoms with Gasteiger partial charge in [-0.2, -0.15) is 4.98 Å². The van der Waals surface area contributed by atoms with Crippen LogP contribution in [0.5, 0.6) is 11.6 Å². The van der Waals surface area contributed by atoms with Gasteiger partial charge < -0.3 is 10.1 Å². The summed E-state index contributed by atoms with van der Waals surface area (Å²) >= 11 is 5.94. The van der Waals surface area contributed by atoms with Gasteiger partial charge in [0.05, 0.1) is 0 Å². The Labute approximate surface area is 124 Å². The van der Waals surface area contributed by atoms with E-state index in [2.05, 4.69) is 22.2 Å².